The SMILES string of the molecule is CCCNC(CC(F)(F)F)c1c(Br)cnn1CCC. The highest BCUT2D eigenvalue weighted by Crippen LogP contribution is 2.33. The van der Waals surface area contributed by atoms with Crippen LogP contribution >= 0.6 is 15.9 Å². The third-order valence-corrected chi connectivity index (χ3v) is 3.29. The van der Waals surface area contributed by atoms with E-state index in [1.165, 1.54) is 0 Å². The average Bonchev–Trinajstić information content (AvgIpc) is 2.65. The lowest BCUT2D eigenvalue weighted by atomic mass is 10.1. The van der Waals surface area contributed by atoms with Gasteiger partial charge in [0.05, 0.1) is 28.8 Å². The first-order valence-electron chi connectivity index (χ1n) is 6.40. The zero-order chi connectivity index (χ0) is 14.5. The number of alkyl halides is 3. The van der Waals surface area contributed by atoms with E-state index < -0.39 is 18.6 Å². The normalized spacial score (nSPS) is 13.8. The summed E-state index contributed by atoms with van der Waals surface area (Å²) in [4.78, 5) is 0. The van der Waals surface area contributed by atoms with Crippen molar-refractivity contribution in [2.45, 2.75) is 51.9 Å². The van der Waals surface area contributed by atoms with Crippen molar-refractivity contribution in [3.8, 4) is 0 Å². The third kappa shape index (κ3) is 5.14. The van der Waals surface area contributed by atoms with Crippen molar-refractivity contribution in [2.75, 3.05) is 6.54 Å². The molecule has 3 nitrogen and oxygen atoms in total. The van der Waals surface area contributed by atoms with Gasteiger partial charge in [-0.1, -0.05) is 13.8 Å². The van der Waals surface area contributed by atoms with E-state index in [0.29, 0.717) is 23.3 Å². The second-order valence-corrected chi connectivity index (χ2v) is 5.28. The lowest BCUT2D eigenvalue weighted by Gasteiger charge is -2.22. The Kier molecular flexibility index (Phi) is 6.32. The fourth-order valence-electron chi connectivity index (χ4n) is 1.92. The second kappa shape index (κ2) is 7.28. The molecule has 1 heterocycles. The van der Waals surface area contributed by atoms with E-state index in [-0.39, 0.29) is 0 Å². The molecule has 1 unspecified atom stereocenters. The zero-order valence-electron chi connectivity index (χ0n) is 11.1. The van der Waals surface area contributed by atoms with Crippen LogP contribution in [0.2, 0.25) is 0 Å². The van der Waals surface area contributed by atoms with Gasteiger partial charge in [-0.3, -0.25) is 4.68 Å². The van der Waals surface area contributed by atoms with E-state index >= 15 is 0 Å². The number of hydrogen-bond acceptors (Lipinski definition) is 2. The molecule has 110 valence electrons. The number of halogens is 4. The van der Waals surface area contributed by atoms with Crippen LogP contribution in [0.25, 0.3) is 0 Å². The van der Waals surface area contributed by atoms with Crippen LogP contribution < -0.4 is 5.32 Å². The molecule has 19 heavy (non-hydrogen) atoms. The van der Waals surface area contributed by atoms with Crippen LogP contribution in [0.3, 0.4) is 0 Å². The van der Waals surface area contributed by atoms with Crippen molar-refractivity contribution >= 4 is 15.9 Å². The molecule has 0 aromatic carbocycles. The number of hydrogen-bond donors (Lipinski definition) is 1. The van der Waals surface area contributed by atoms with Crippen molar-refractivity contribution in [1.29, 1.82) is 0 Å². The predicted molar refractivity (Wildman–Crippen MR) is 71.9 cm³/mol. The van der Waals surface area contributed by atoms with E-state index in [0.717, 1.165) is 12.8 Å². The summed E-state index contributed by atoms with van der Waals surface area (Å²) < 4.78 is 40.3. The van der Waals surface area contributed by atoms with Crippen LogP contribution in [0, 0.1) is 0 Å². The van der Waals surface area contributed by atoms with E-state index in [9.17, 15) is 13.2 Å². The van der Waals surface area contributed by atoms with E-state index in [1.807, 2.05) is 13.8 Å². The standard InChI is InChI=1S/C12H19BrF3N3/c1-3-5-17-10(7-12(14,15)16)11-9(13)8-18-19(11)6-4-2/h8,10,17H,3-7H2,1-2H3. The molecule has 0 aliphatic heterocycles. The Labute approximate surface area is 119 Å². The Morgan fingerprint density at radius 1 is 1.37 bits per heavy atom. The van der Waals surface area contributed by atoms with Gasteiger partial charge < -0.3 is 5.32 Å². The van der Waals surface area contributed by atoms with Gasteiger partial charge in [0.25, 0.3) is 0 Å². The summed E-state index contributed by atoms with van der Waals surface area (Å²) >= 11 is 3.30. The molecular weight excluding hydrogens is 323 g/mol. The molecule has 1 N–H and O–H groups in total. The quantitative estimate of drug-likeness (QED) is 0.810. The number of aryl methyl sites for hydroxylation is 1. The summed E-state index contributed by atoms with van der Waals surface area (Å²) in [6, 6.07) is -0.761. The molecule has 1 rings (SSSR count). The van der Waals surface area contributed by atoms with Gasteiger partial charge in [-0.2, -0.15) is 18.3 Å². The molecule has 0 saturated carbocycles. The van der Waals surface area contributed by atoms with Crippen molar-refractivity contribution in [3.63, 3.8) is 0 Å². The molecule has 1 aromatic heterocycles. The monoisotopic (exact) mass is 341 g/mol. The number of nitrogens with zero attached hydrogens (tertiary/aromatic N) is 2. The fourth-order valence-corrected chi connectivity index (χ4v) is 2.50. The summed E-state index contributed by atoms with van der Waals surface area (Å²) in [5.41, 5.74) is 0.577. The van der Waals surface area contributed by atoms with Crippen LogP contribution in [0.15, 0.2) is 10.7 Å². The van der Waals surface area contributed by atoms with Gasteiger partial charge in [0.15, 0.2) is 0 Å². The number of nitrogens with one attached hydrogen (secondary N) is 1. The lowest BCUT2D eigenvalue weighted by Crippen LogP contribution is -2.29. The topological polar surface area (TPSA) is 29.9 Å². The maximum Gasteiger partial charge on any atom is 0.390 e. The molecule has 0 amide bonds. The van der Waals surface area contributed by atoms with Crippen LogP contribution in [-0.2, 0) is 6.54 Å². The average molecular weight is 342 g/mol. The molecule has 1 aromatic rings. The maximum atomic E-state index is 12.7. The molecule has 0 radical (unpaired) electrons. The van der Waals surface area contributed by atoms with Crippen molar-refractivity contribution in [2.24, 2.45) is 0 Å². The molecule has 0 spiro atoms. The van der Waals surface area contributed by atoms with Crippen molar-refractivity contribution in [3.05, 3.63) is 16.4 Å². The van der Waals surface area contributed by atoms with Crippen LogP contribution in [0.5, 0.6) is 0 Å². The Bertz CT molecular complexity index is 390. The number of rotatable bonds is 7. The van der Waals surface area contributed by atoms with Gasteiger partial charge in [0.1, 0.15) is 0 Å². The minimum atomic E-state index is -4.20. The van der Waals surface area contributed by atoms with E-state index in [2.05, 4.69) is 26.3 Å². The summed E-state index contributed by atoms with van der Waals surface area (Å²) in [6.07, 6.45) is -1.92. The minimum absolute atomic E-state index is 0.546. The Balaban J connectivity index is 2.98. The summed E-state index contributed by atoms with van der Waals surface area (Å²) in [7, 11) is 0. The largest absolute Gasteiger partial charge is 0.390 e. The lowest BCUT2D eigenvalue weighted by molar-refractivity contribution is -0.140. The third-order valence-electron chi connectivity index (χ3n) is 2.68. The van der Waals surface area contributed by atoms with E-state index in [1.54, 1.807) is 10.9 Å². The smallest absolute Gasteiger partial charge is 0.308 e. The van der Waals surface area contributed by atoms with Gasteiger partial charge >= 0.3 is 6.18 Å². The van der Waals surface area contributed by atoms with Crippen LogP contribution in [-0.4, -0.2) is 22.5 Å². The molecule has 0 bridgehead atoms. The highest BCUT2D eigenvalue weighted by Gasteiger charge is 2.34. The van der Waals surface area contributed by atoms with Gasteiger partial charge in [-0.15, -0.1) is 0 Å². The zero-order valence-corrected chi connectivity index (χ0v) is 12.7. The molecule has 0 aliphatic carbocycles. The summed E-state index contributed by atoms with van der Waals surface area (Å²) in [5.74, 6) is 0. The Morgan fingerprint density at radius 3 is 2.58 bits per heavy atom. The van der Waals surface area contributed by atoms with Crippen LogP contribution in [0.4, 0.5) is 13.2 Å². The highest BCUT2D eigenvalue weighted by atomic mass is 79.9. The molecule has 0 saturated heterocycles. The molecule has 0 aliphatic rings. The molecule has 0 fully saturated rings. The predicted octanol–water partition coefficient (Wildman–Crippen LogP) is 4.05. The number of aromatic nitrogens is 2. The highest BCUT2D eigenvalue weighted by molar-refractivity contribution is 9.10. The first kappa shape index (κ1) is 16.5. The Hall–Kier alpha value is -0.560. The van der Waals surface area contributed by atoms with Crippen LogP contribution in [0.1, 0.15) is 44.8 Å². The van der Waals surface area contributed by atoms with Gasteiger partial charge in [0, 0.05) is 6.54 Å². The molecule has 1 atom stereocenters. The van der Waals surface area contributed by atoms with Crippen molar-refractivity contribution < 1.29 is 13.2 Å². The minimum Gasteiger partial charge on any atom is -0.308 e. The van der Waals surface area contributed by atoms with Crippen molar-refractivity contribution in [1.82, 2.24) is 15.1 Å². The first-order valence-corrected chi connectivity index (χ1v) is 7.19. The van der Waals surface area contributed by atoms with Gasteiger partial charge in [-0.25, -0.2) is 0 Å². The van der Waals surface area contributed by atoms with Gasteiger partial charge in [-0.05, 0) is 35.3 Å². The molecule has 7 heteroatoms. The Morgan fingerprint density at radius 2 is 2.05 bits per heavy atom. The summed E-state index contributed by atoms with van der Waals surface area (Å²) in [6.45, 7) is 5.06. The fraction of sp³-hybridized carbons (Fsp3) is 0.750. The first-order chi connectivity index (χ1) is 8.89. The molecular formula is C12H19BrF3N3. The second-order valence-electron chi connectivity index (χ2n) is 4.43. The summed E-state index contributed by atoms with van der Waals surface area (Å²) in [5, 5.41) is 7.08. The van der Waals surface area contributed by atoms with E-state index in [4.69, 9.17) is 0 Å². The van der Waals surface area contributed by atoms with Gasteiger partial charge in [0.2, 0.25) is 0 Å². The maximum absolute atomic E-state index is 12.7.